The smallest absolute Gasteiger partial charge is 0.257 e. The molecule has 7 heteroatoms. The summed E-state index contributed by atoms with van der Waals surface area (Å²) in [5.41, 5.74) is 3.63. The van der Waals surface area contributed by atoms with E-state index in [0.717, 1.165) is 17.7 Å². The zero-order valence-electron chi connectivity index (χ0n) is 14.5. The van der Waals surface area contributed by atoms with Crippen LogP contribution in [0, 0.1) is 5.82 Å². The molecule has 2 amide bonds. The predicted octanol–water partition coefficient (Wildman–Crippen LogP) is 4.11. The third kappa shape index (κ3) is 3.46. The van der Waals surface area contributed by atoms with Crippen LogP contribution in [-0.2, 0) is 11.2 Å². The number of thiazole rings is 1. The van der Waals surface area contributed by atoms with Gasteiger partial charge in [-0.3, -0.25) is 14.9 Å². The fraction of sp³-hybridized carbons (Fsp3) is 0.150. The monoisotopic (exact) mass is 381 g/mol. The van der Waals surface area contributed by atoms with Gasteiger partial charge in [-0.2, -0.15) is 0 Å². The highest BCUT2D eigenvalue weighted by Gasteiger charge is 2.23. The minimum Gasteiger partial charge on any atom is -0.312 e. The molecule has 1 aromatic heterocycles. The Morgan fingerprint density at radius 2 is 2.07 bits per heavy atom. The van der Waals surface area contributed by atoms with E-state index in [9.17, 15) is 14.0 Å². The second-order valence-corrected chi connectivity index (χ2v) is 7.12. The Bertz CT molecular complexity index is 1050. The van der Waals surface area contributed by atoms with E-state index >= 15 is 0 Å². The molecule has 2 aromatic carbocycles. The Balaban J connectivity index is 1.51. The Labute approximate surface area is 159 Å². The van der Waals surface area contributed by atoms with Gasteiger partial charge in [0.1, 0.15) is 5.82 Å². The van der Waals surface area contributed by atoms with Crippen molar-refractivity contribution in [2.45, 2.75) is 13.3 Å². The predicted molar refractivity (Wildman–Crippen MR) is 104 cm³/mol. The molecule has 0 unspecified atom stereocenters. The largest absolute Gasteiger partial charge is 0.312 e. The van der Waals surface area contributed by atoms with Crippen molar-refractivity contribution < 1.29 is 14.0 Å². The highest BCUT2D eigenvalue weighted by atomic mass is 32.1. The first kappa shape index (κ1) is 17.4. The number of carbonyl (C=O) groups is 2. The van der Waals surface area contributed by atoms with Gasteiger partial charge >= 0.3 is 0 Å². The van der Waals surface area contributed by atoms with E-state index in [1.807, 2.05) is 6.07 Å². The molecule has 27 heavy (non-hydrogen) atoms. The van der Waals surface area contributed by atoms with Gasteiger partial charge < -0.3 is 4.90 Å². The molecule has 0 radical (unpaired) electrons. The van der Waals surface area contributed by atoms with Crippen molar-refractivity contribution in [2.75, 3.05) is 16.8 Å². The van der Waals surface area contributed by atoms with Crippen molar-refractivity contribution in [3.63, 3.8) is 0 Å². The standard InChI is InChI=1S/C20H16FN3O2S/c1-12(25)24-8-7-14-9-15(5-6-18(14)24)19(26)23-20-22-17(11-27-20)13-3-2-4-16(21)10-13/h2-6,9-11H,7-8H2,1H3,(H,22,23,26). The Morgan fingerprint density at radius 3 is 2.85 bits per heavy atom. The van der Waals surface area contributed by atoms with Crippen LogP contribution in [0.4, 0.5) is 15.2 Å². The molecule has 0 spiro atoms. The number of rotatable bonds is 3. The number of nitrogens with zero attached hydrogens (tertiary/aromatic N) is 2. The molecule has 5 nitrogen and oxygen atoms in total. The van der Waals surface area contributed by atoms with Gasteiger partial charge in [0.15, 0.2) is 5.13 Å². The molecule has 0 aliphatic carbocycles. The van der Waals surface area contributed by atoms with Crippen LogP contribution in [0.1, 0.15) is 22.8 Å². The Kier molecular flexibility index (Phi) is 4.45. The number of aromatic nitrogens is 1. The molecule has 136 valence electrons. The number of anilines is 2. The second-order valence-electron chi connectivity index (χ2n) is 6.27. The molecule has 2 heterocycles. The van der Waals surface area contributed by atoms with Gasteiger partial charge in [-0.25, -0.2) is 9.37 Å². The molecular formula is C20H16FN3O2S. The van der Waals surface area contributed by atoms with Gasteiger partial charge in [0.05, 0.1) is 5.69 Å². The quantitative estimate of drug-likeness (QED) is 0.743. The van der Waals surface area contributed by atoms with Gasteiger partial charge in [0.25, 0.3) is 5.91 Å². The number of halogens is 1. The van der Waals surface area contributed by atoms with Gasteiger partial charge in [-0.1, -0.05) is 12.1 Å². The number of hydrogen-bond donors (Lipinski definition) is 1. The first-order valence-corrected chi connectivity index (χ1v) is 9.33. The number of amides is 2. The number of carbonyl (C=O) groups excluding carboxylic acids is 2. The average Bonchev–Trinajstić information content (AvgIpc) is 3.28. The van der Waals surface area contributed by atoms with E-state index in [-0.39, 0.29) is 17.6 Å². The number of benzene rings is 2. The summed E-state index contributed by atoms with van der Waals surface area (Å²) < 4.78 is 13.4. The lowest BCUT2D eigenvalue weighted by Gasteiger charge is -2.14. The lowest BCUT2D eigenvalue weighted by Crippen LogP contribution is -2.25. The molecule has 0 bridgehead atoms. The summed E-state index contributed by atoms with van der Waals surface area (Å²) >= 11 is 1.28. The first-order chi connectivity index (χ1) is 13.0. The van der Waals surface area contributed by atoms with E-state index in [2.05, 4.69) is 10.3 Å². The highest BCUT2D eigenvalue weighted by Crippen LogP contribution is 2.30. The molecular weight excluding hydrogens is 365 g/mol. The molecule has 0 saturated heterocycles. The van der Waals surface area contributed by atoms with E-state index in [0.29, 0.717) is 28.5 Å². The third-order valence-corrected chi connectivity index (χ3v) is 5.22. The van der Waals surface area contributed by atoms with Crippen LogP contribution in [0.15, 0.2) is 47.8 Å². The van der Waals surface area contributed by atoms with Crippen molar-refractivity contribution in [2.24, 2.45) is 0 Å². The van der Waals surface area contributed by atoms with Crippen LogP contribution in [-0.4, -0.2) is 23.3 Å². The minimum absolute atomic E-state index is 0.00128. The van der Waals surface area contributed by atoms with E-state index in [1.165, 1.54) is 30.4 Å². The van der Waals surface area contributed by atoms with Crippen LogP contribution in [0.5, 0.6) is 0 Å². The van der Waals surface area contributed by atoms with E-state index < -0.39 is 0 Å². The molecule has 0 fully saturated rings. The normalized spacial score (nSPS) is 12.7. The van der Waals surface area contributed by atoms with Crippen molar-refractivity contribution >= 4 is 34.0 Å². The molecule has 1 N–H and O–H groups in total. The molecule has 0 atom stereocenters. The summed E-state index contributed by atoms with van der Waals surface area (Å²) in [5.74, 6) is -0.596. The van der Waals surface area contributed by atoms with Gasteiger partial charge in [-0.05, 0) is 42.3 Å². The molecule has 1 aliphatic heterocycles. The van der Waals surface area contributed by atoms with Crippen LogP contribution in [0.3, 0.4) is 0 Å². The Morgan fingerprint density at radius 1 is 1.22 bits per heavy atom. The fourth-order valence-corrected chi connectivity index (χ4v) is 3.87. The molecule has 4 rings (SSSR count). The van der Waals surface area contributed by atoms with Gasteiger partial charge in [0.2, 0.25) is 5.91 Å². The van der Waals surface area contributed by atoms with Gasteiger partial charge in [-0.15, -0.1) is 11.3 Å². The first-order valence-electron chi connectivity index (χ1n) is 8.45. The van der Waals surface area contributed by atoms with E-state index in [1.54, 1.807) is 34.5 Å². The van der Waals surface area contributed by atoms with Crippen LogP contribution in [0.25, 0.3) is 11.3 Å². The van der Waals surface area contributed by atoms with E-state index in [4.69, 9.17) is 0 Å². The lowest BCUT2D eigenvalue weighted by molar-refractivity contribution is -0.116. The number of hydrogen-bond acceptors (Lipinski definition) is 4. The molecule has 3 aromatic rings. The maximum absolute atomic E-state index is 13.4. The summed E-state index contributed by atoms with van der Waals surface area (Å²) in [4.78, 5) is 30.2. The van der Waals surface area contributed by atoms with Crippen molar-refractivity contribution in [1.29, 1.82) is 0 Å². The summed E-state index contributed by atoms with van der Waals surface area (Å²) in [7, 11) is 0. The number of fused-ring (bicyclic) bond motifs is 1. The summed E-state index contributed by atoms with van der Waals surface area (Å²) in [5, 5.41) is 5.01. The number of nitrogens with one attached hydrogen (secondary N) is 1. The second kappa shape index (κ2) is 6.92. The van der Waals surface area contributed by atoms with Crippen LogP contribution in [0.2, 0.25) is 0 Å². The fourth-order valence-electron chi connectivity index (χ4n) is 3.15. The zero-order chi connectivity index (χ0) is 19.0. The third-order valence-electron chi connectivity index (χ3n) is 4.46. The lowest BCUT2D eigenvalue weighted by atomic mass is 10.1. The zero-order valence-corrected chi connectivity index (χ0v) is 15.3. The van der Waals surface area contributed by atoms with Crippen molar-refractivity contribution in [3.05, 3.63) is 64.8 Å². The van der Waals surface area contributed by atoms with Crippen molar-refractivity contribution in [1.82, 2.24) is 4.98 Å². The summed E-state index contributed by atoms with van der Waals surface area (Å²) in [6.45, 7) is 2.17. The topological polar surface area (TPSA) is 62.3 Å². The highest BCUT2D eigenvalue weighted by molar-refractivity contribution is 7.14. The SMILES string of the molecule is CC(=O)N1CCc2cc(C(=O)Nc3nc(-c4cccc(F)c4)cs3)ccc21. The van der Waals surface area contributed by atoms with Crippen LogP contribution < -0.4 is 10.2 Å². The van der Waals surface area contributed by atoms with Crippen LogP contribution >= 0.6 is 11.3 Å². The maximum atomic E-state index is 13.4. The van der Waals surface area contributed by atoms with Crippen molar-refractivity contribution in [3.8, 4) is 11.3 Å². The Hall–Kier alpha value is -3.06. The summed E-state index contributed by atoms with van der Waals surface area (Å²) in [6.07, 6.45) is 0.733. The molecule has 1 aliphatic rings. The summed E-state index contributed by atoms with van der Waals surface area (Å²) in [6, 6.07) is 11.5. The maximum Gasteiger partial charge on any atom is 0.257 e. The minimum atomic E-state index is -0.330. The molecule has 0 saturated carbocycles. The van der Waals surface area contributed by atoms with Gasteiger partial charge in [0, 0.05) is 35.7 Å². The average molecular weight is 381 g/mol.